The van der Waals surface area contributed by atoms with Crippen LogP contribution in [0.3, 0.4) is 0 Å². The second-order valence-electron chi connectivity index (χ2n) is 7.21. The predicted octanol–water partition coefficient (Wildman–Crippen LogP) is 6.30. The van der Waals surface area contributed by atoms with Gasteiger partial charge in [0.15, 0.2) is 0 Å². The van der Waals surface area contributed by atoms with Crippen molar-refractivity contribution in [3.05, 3.63) is 35.0 Å². The molecule has 0 saturated heterocycles. The second-order valence-corrected chi connectivity index (χ2v) is 8.11. The summed E-state index contributed by atoms with van der Waals surface area (Å²) in [7, 11) is 0. The van der Waals surface area contributed by atoms with Crippen LogP contribution < -0.4 is 0 Å². The van der Waals surface area contributed by atoms with Gasteiger partial charge >= 0.3 is 0 Å². The number of nitrogens with zero attached hydrogens (tertiary/aromatic N) is 1. The highest BCUT2D eigenvalue weighted by Gasteiger charge is 2.20. The van der Waals surface area contributed by atoms with Crippen LogP contribution in [0.2, 0.25) is 0 Å². The first-order chi connectivity index (χ1) is 9.80. The molecule has 118 valence electrons. The highest BCUT2D eigenvalue weighted by atomic mass is 32.2. The smallest absolute Gasteiger partial charge is 0.0638 e. The van der Waals surface area contributed by atoms with Crippen LogP contribution in [-0.2, 0) is 5.41 Å². The average molecular weight is 306 g/mol. The molecule has 0 unspecified atom stereocenters. The fourth-order valence-corrected chi connectivity index (χ4v) is 3.16. The zero-order valence-corrected chi connectivity index (χ0v) is 15.4. The number of pyridine rings is 1. The van der Waals surface area contributed by atoms with E-state index in [0.717, 1.165) is 11.4 Å². The Balaban J connectivity index is 2.69. The van der Waals surface area contributed by atoms with E-state index >= 15 is 0 Å². The fourth-order valence-electron chi connectivity index (χ4n) is 2.17. The molecular formula is C19H31NS. The van der Waals surface area contributed by atoms with Gasteiger partial charge in [-0.2, -0.15) is 0 Å². The summed E-state index contributed by atoms with van der Waals surface area (Å²) in [6.45, 7) is 13.7. The van der Waals surface area contributed by atoms with Gasteiger partial charge in [-0.15, -0.1) is 11.8 Å². The van der Waals surface area contributed by atoms with Crippen LogP contribution in [0, 0.1) is 5.41 Å². The van der Waals surface area contributed by atoms with Crippen LogP contribution in [0.5, 0.6) is 0 Å². The lowest BCUT2D eigenvalue weighted by Gasteiger charge is -2.23. The van der Waals surface area contributed by atoms with E-state index in [0.29, 0.717) is 5.41 Å². The van der Waals surface area contributed by atoms with Gasteiger partial charge in [-0.05, 0) is 35.5 Å². The van der Waals surface area contributed by atoms with Crippen LogP contribution in [0.4, 0.5) is 0 Å². The molecule has 1 aromatic rings. The van der Waals surface area contributed by atoms with Crippen molar-refractivity contribution in [1.82, 2.24) is 4.98 Å². The summed E-state index contributed by atoms with van der Waals surface area (Å²) in [6.07, 6.45) is 5.72. The van der Waals surface area contributed by atoms with Gasteiger partial charge in [0, 0.05) is 16.9 Å². The SMILES string of the molecule is CCCC(C)(C)c1cccc(/C=C/SCC(C)(C)CC)n1. The Labute approximate surface area is 135 Å². The lowest BCUT2D eigenvalue weighted by molar-refractivity contribution is 0.408. The van der Waals surface area contributed by atoms with Crippen molar-refractivity contribution in [3.63, 3.8) is 0 Å². The third kappa shape index (κ3) is 6.25. The van der Waals surface area contributed by atoms with Gasteiger partial charge < -0.3 is 0 Å². The molecule has 0 bridgehead atoms. The molecule has 0 radical (unpaired) electrons. The Kier molecular flexibility index (Phi) is 6.99. The molecule has 1 nitrogen and oxygen atoms in total. The minimum atomic E-state index is 0.163. The molecule has 21 heavy (non-hydrogen) atoms. The summed E-state index contributed by atoms with van der Waals surface area (Å²) < 4.78 is 0. The predicted molar refractivity (Wildman–Crippen MR) is 97.7 cm³/mol. The van der Waals surface area contributed by atoms with E-state index in [1.54, 1.807) is 0 Å². The molecule has 2 heteroatoms. The number of aromatic nitrogens is 1. The molecule has 1 rings (SSSR count). The summed E-state index contributed by atoms with van der Waals surface area (Å²) in [4.78, 5) is 4.82. The first-order valence-corrected chi connectivity index (χ1v) is 9.11. The molecule has 0 aliphatic rings. The van der Waals surface area contributed by atoms with E-state index in [4.69, 9.17) is 4.98 Å². The minimum absolute atomic E-state index is 0.163. The van der Waals surface area contributed by atoms with Gasteiger partial charge in [-0.3, -0.25) is 4.98 Å². The molecule has 0 aliphatic heterocycles. The molecule has 0 fully saturated rings. The van der Waals surface area contributed by atoms with Gasteiger partial charge in [-0.1, -0.05) is 60.5 Å². The Morgan fingerprint density at radius 1 is 1.14 bits per heavy atom. The zero-order chi connectivity index (χ0) is 15.9. The van der Waals surface area contributed by atoms with E-state index in [-0.39, 0.29) is 5.41 Å². The van der Waals surface area contributed by atoms with Crippen LogP contribution in [0.1, 0.15) is 72.2 Å². The van der Waals surface area contributed by atoms with Crippen molar-refractivity contribution < 1.29 is 0 Å². The van der Waals surface area contributed by atoms with E-state index in [2.05, 4.69) is 71.2 Å². The van der Waals surface area contributed by atoms with Crippen molar-refractivity contribution in [3.8, 4) is 0 Å². The van der Waals surface area contributed by atoms with Crippen LogP contribution in [0.25, 0.3) is 6.08 Å². The van der Waals surface area contributed by atoms with Crippen LogP contribution in [-0.4, -0.2) is 10.7 Å². The third-order valence-electron chi connectivity index (χ3n) is 4.11. The second kappa shape index (κ2) is 8.03. The van der Waals surface area contributed by atoms with E-state index < -0.39 is 0 Å². The maximum absolute atomic E-state index is 4.82. The van der Waals surface area contributed by atoms with Gasteiger partial charge in [0.25, 0.3) is 0 Å². The number of thioether (sulfide) groups is 1. The Bertz CT molecular complexity index is 460. The highest BCUT2D eigenvalue weighted by molar-refractivity contribution is 8.02. The summed E-state index contributed by atoms with van der Waals surface area (Å²) in [5.74, 6) is 1.15. The van der Waals surface area contributed by atoms with Gasteiger partial charge in [0.2, 0.25) is 0 Å². The topological polar surface area (TPSA) is 12.9 Å². The molecular weight excluding hydrogens is 274 g/mol. The van der Waals surface area contributed by atoms with Crippen molar-refractivity contribution in [2.75, 3.05) is 5.75 Å². The quantitative estimate of drug-likeness (QED) is 0.559. The number of rotatable bonds is 8. The first kappa shape index (κ1) is 18.3. The highest BCUT2D eigenvalue weighted by Crippen LogP contribution is 2.28. The standard InChI is InChI=1S/C19H31NS/c1-7-13-19(5,6)17-11-9-10-16(20-17)12-14-21-15-18(3,4)8-2/h9-12,14H,7-8,13,15H2,1-6H3/b14-12+. The van der Waals surface area contributed by atoms with Crippen molar-refractivity contribution in [1.29, 1.82) is 0 Å². The van der Waals surface area contributed by atoms with E-state index in [9.17, 15) is 0 Å². The summed E-state index contributed by atoms with van der Waals surface area (Å²) in [5, 5.41) is 2.19. The van der Waals surface area contributed by atoms with Crippen molar-refractivity contribution in [2.24, 2.45) is 5.41 Å². The normalized spacial score (nSPS) is 13.0. The number of hydrogen-bond donors (Lipinski definition) is 0. The number of hydrogen-bond acceptors (Lipinski definition) is 2. The summed E-state index contributed by atoms with van der Waals surface area (Å²) in [6, 6.07) is 6.37. The van der Waals surface area contributed by atoms with E-state index in [1.165, 1.54) is 25.0 Å². The molecule has 0 saturated carbocycles. The molecule has 0 amide bonds. The fraction of sp³-hybridized carbons (Fsp3) is 0.632. The molecule has 0 aliphatic carbocycles. The third-order valence-corrected chi connectivity index (χ3v) is 5.38. The molecule has 0 N–H and O–H groups in total. The maximum atomic E-state index is 4.82. The zero-order valence-electron chi connectivity index (χ0n) is 14.6. The van der Waals surface area contributed by atoms with Gasteiger partial charge in [-0.25, -0.2) is 0 Å². The maximum Gasteiger partial charge on any atom is 0.0638 e. The lowest BCUT2D eigenvalue weighted by Crippen LogP contribution is -2.18. The van der Waals surface area contributed by atoms with Gasteiger partial charge in [0.05, 0.1) is 5.69 Å². The Hall–Kier alpha value is -0.760. The first-order valence-electron chi connectivity index (χ1n) is 8.06. The summed E-state index contributed by atoms with van der Waals surface area (Å²) >= 11 is 1.88. The largest absolute Gasteiger partial charge is 0.253 e. The minimum Gasteiger partial charge on any atom is -0.253 e. The van der Waals surface area contributed by atoms with E-state index in [1.807, 2.05) is 11.8 Å². The average Bonchev–Trinajstić information content (AvgIpc) is 2.44. The molecule has 0 aromatic carbocycles. The van der Waals surface area contributed by atoms with Crippen LogP contribution in [0.15, 0.2) is 23.6 Å². The van der Waals surface area contributed by atoms with Crippen molar-refractivity contribution >= 4 is 17.8 Å². The van der Waals surface area contributed by atoms with Crippen molar-refractivity contribution in [2.45, 2.75) is 66.2 Å². The molecule has 1 aromatic heterocycles. The van der Waals surface area contributed by atoms with Gasteiger partial charge in [0.1, 0.15) is 0 Å². The Morgan fingerprint density at radius 3 is 2.48 bits per heavy atom. The molecule has 0 atom stereocenters. The Morgan fingerprint density at radius 2 is 1.86 bits per heavy atom. The van der Waals surface area contributed by atoms with Crippen LogP contribution >= 0.6 is 11.8 Å². The monoisotopic (exact) mass is 305 g/mol. The molecule has 1 heterocycles. The lowest BCUT2D eigenvalue weighted by atomic mass is 9.84. The molecule has 0 spiro atoms. The summed E-state index contributed by atoms with van der Waals surface area (Å²) in [5.41, 5.74) is 2.84.